The number of rotatable bonds is 7. The summed E-state index contributed by atoms with van der Waals surface area (Å²) in [5, 5.41) is 8.46. The van der Waals surface area contributed by atoms with Crippen LogP contribution in [-0.4, -0.2) is 57.5 Å². The highest BCUT2D eigenvalue weighted by molar-refractivity contribution is 7.92. The Morgan fingerprint density at radius 3 is 2.37 bits per heavy atom. The van der Waals surface area contributed by atoms with Crippen molar-refractivity contribution in [2.75, 3.05) is 37.2 Å². The number of amides is 2. The first-order chi connectivity index (χ1) is 12.7. The van der Waals surface area contributed by atoms with E-state index in [0.717, 1.165) is 0 Å². The first-order valence-electron chi connectivity index (χ1n) is 7.97. The highest BCUT2D eigenvalue weighted by Crippen LogP contribution is 2.18. The number of sulfonamides is 1. The third kappa shape index (κ3) is 6.08. The maximum absolute atomic E-state index is 12.3. The fraction of sp³-hybridized carbons (Fsp3) is 0.312. The van der Waals surface area contributed by atoms with Gasteiger partial charge in [-0.15, -0.1) is 0 Å². The van der Waals surface area contributed by atoms with E-state index in [1.807, 2.05) is 19.0 Å². The smallest absolute Gasteiger partial charge is 0.313 e. The van der Waals surface area contributed by atoms with Crippen molar-refractivity contribution in [3.05, 3.63) is 36.1 Å². The molecule has 1 heterocycles. The first kappa shape index (κ1) is 20.4. The average Bonchev–Trinajstić information content (AvgIpc) is 2.99. The lowest BCUT2D eigenvalue weighted by molar-refractivity contribution is -0.136. The number of nitrogens with zero attached hydrogens (tertiary/aromatic N) is 2. The third-order valence-corrected chi connectivity index (χ3v) is 4.71. The molecule has 0 atom stereocenters. The van der Waals surface area contributed by atoms with Crippen molar-refractivity contribution in [1.82, 2.24) is 15.4 Å². The van der Waals surface area contributed by atoms with Crippen molar-refractivity contribution in [1.29, 1.82) is 0 Å². The summed E-state index contributed by atoms with van der Waals surface area (Å²) in [4.78, 5) is 25.4. The van der Waals surface area contributed by atoms with Crippen molar-refractivity contribution in [2.24, 2.45) is 0 Å². The Labute approximate surface area is 157 Å². The van der Waals surface area contributed by atoms with Crippen LogP contribution in [0.2, 0.25) is 0 Å². The van der Waals surface area contributed by atoms with Crippen LogP contribution in [0.4, 0.5) is 11.5 Å². The van der Waals surface area contributed by atoms with Gasteiger partial charge in [0.15, 0.2) is 5.82 Å². The number of nitrogens with one attached hydrogen (secondary N) is 3. The highest BCUT2D eigenvalue weighted by Gasteiger charge is 2.17. The number of carbonyl (C=O) groups is 2. The molecule has 0 spiro atoms. The van der Waals surface area contributed by atoms with Crippen molar-refractivity contribution in [3.63, 3.8) is 0 Å². The molecule has 146 valence electrons. The van der Waals surface area contributed by atoms with Gasteiger partial charge in [-0.3, -0.25) is 14.3 Å². The molecule has 0 unspecified atom stereocenters. The molecule has 0 radical (unpaired) electrons. The lowest BCUT2D eigenvalue weighted by Gasteiger charge is -2.10. The van der Waals surface area contributed by atoms with E-state index in [0.29, 0.717) is 24.5 Å². The Morgan fingerprint density at radius 2 is 1.81 bits per heavy atom. The Balaban J connectivity index is 1.96. The molecule has 0 fully saturated rings. The quantitative estimate of drug-likeness (QED) is 0.578. The fourth-order valence-corrected chi connectivity index (χ4v) is 2.97. The molecule has 1 aromatic heterocycles. The number of aryl methyl sites for hydroxylation is 1. The minimum Gasteiger partial charge on any atom is -0.360 e. The molecule has 3 N–H and O–H groups in total. The Kier molecular flexibility index (Phi) is 6.53. The van der Waals surface area contributed by atoms with Crippen LogP contribution in [0.5, 0.6) is 0 Å². The monoisotopic (exact) mass is 395 g/mol. The number of hydrogen-bond acceptors (Lipinski definition) is 7. The molecule has 2 rings (SSSR count). The average molecular weight is 395 g/mol. The molecular formula is C16H21N5O5S. The summed E-state index contributed by atoms with van der Waals surface area (Å²) in [6.07, 6.45) is 0. The maximum atomic E-state index is 12.3. The van der Waals surface area contributed by atoms with Crippen LogP contribution < -0.4 is 15.4 Å². The summed E-state index contributed by atoms with van der Waals surface area (Å²) >= 11 is 0. The van der Waals surface area contributed by atoms with Gasteiger partial charge in [0.1, 0.15) is 5.76 Å². The molecule has 0 aliphatic rings. The van der Waals surface area contributed by atoms with Gasteiger partial charge >= 0.3 is 11.8 Å². The number of anilines is 2. The zero-order chi connectivity index (χ0) is 20.0. The number of carbonyl (C=O) groups excluding carboxylic acids is 2. The molecular weight excluding hydrogens is 374 g/mol. The topological polar surface area (TPSA) is 134 Å². The molecule has 2 amide bonds. The zero-order valence-electron chi connectivity index (χ0n) is 15.1. The number of hydrogen-bond donors (Lipinski definition) is 3. The minimum atomic E-state index is -3.85. The first-order valence-corrected chi connectivity index (χ1v) is 9.46. The van der Waals surface area contributed by atoms with E-state index in [2.05, 4.69) is 20.5 Å². The molecule has 0 bridgehead atoms. The van der Waals surface area contributed by atoms with Crippen molar-refractivity contribution in [2.45, 2.75) is 11.8 Å². The van der Waals surface area contributed by atoms with E-state index in [1.165, 1.54) is 30.3 Å². The summed E-state index contributed by atoms with van der Waals surface area (Å²) in [6.45, 7) is 2.58. The van der Waals surface area contributed by atoms with Gasteiger partial charge < -0.3 is 20.1 Å². The molecule has 0 saturated carbocycles. The Bertz CT molecular complexity index is 906. The summed E-state index contributed by atoms with van der Waals surface area (Å²) < 4.78 is 31.6. The summed E-state index contributed by atoms with van der Waals surface area (Å²) in [6, 6.07) is 6.81. The van der Waals surface area contributed by atoms with Crippen LogP contribution in [0.25, 0.3) is 0 Å². The maximum Gasteiger partial charge on any atom is 0.313 e. The van der Waals surface area contributed by atoms with Gasteiger partial charge in [0.2, 0.25) is 0 Å². The lowest BCUT2D eigenvalue weighted by atomic mass is 10.3. The fourth-order valence-electron chi connectivity index (χ4n) is 1.99. The predicted molar refractivity (Wildman–Crippen MR) is 98.7 cm³/mol. The van der Waals surface area contributed by atoms with E-state index < -0.39 is 21.8 Å². The van der Waals surface area contributed by atoms with Crippen LogP contribution in [0.15, 0.2) is 39.8 Å². The molecule has 2 aromatic rings. The normalized spacial score (nSPS) is 11.3. The van der Waals surface area contributed by atoms with Crippen LogP contribution in [0, 0.1) is 6.92 Å². The van der Waals surface area contributed by atoms with E-state index in [1.54, 1.807) is 6.92 Å². The van der Waals surface area contributed by atoms with Crippen LogP contribution >= 0.6 is 0 Å². The van der Waals surface area contributed by atoms with Crippen molar-refractivity contribution < 1.29 is 22.5 Å². The van der Waals surface area contributed by atoms with Gasteiger partial charge in [-0.25, -0.2) is 8.42 Å². The second-order valence-electron chi connectivity index (χ2n) is 5.97. The number of aromatic nitrogens is 1. The molecule has 27 heavy (non-hydrogen) atoms. The van der Waals surface area contributed by atoms with E-state index >= 15 is 0 Å². The zero-order valence-corrected chi connectivity index (χ0v) is 16.0. The molecule has 11 heteroatoms. The number of likely N-dealkylation sites (N-methyl/N-ethyl adjacent to an activating group) is 1. The molecule has 10 nitrogen and oxygen atoms in total. The van der Waals surface area contributed by atoms with Crippen molar-refractivity contribution >= 4 is 33.3 Å². The SMILES string of the molecule is Cc1cc(NS(=O)(=O)c2ccc(NC(=O)C(=O)NCCN(C)C)cc2)no1. The lowest BCUT2D eigenvalue weighted by Crippen LogP contribution is -2.38. The van der Waals surface area contributed by atoms with Gasteiger partial charge in [-0.1, -0.05) is 5.16 Å². The predicted octanol–water partition coefficient (Wildman–Crippen LogP) is 0.400. The summed E-state index contributed by atoms with van der Waals surface area (Å²) in [7, 11) is -0.155. The summed E-state index contributed by atoms with van der Waals surface area (Å²) in [5.74, 6) is -1.06. The van der Waals surface area contributed by atoms with Crippen LogP contribution in [-0.2, 0) is 19.6 Å². The van der Waals surface area contributed by atoms with E-state index in [9.17, 15) is 18.0 Å². The highest BCUT2D eigenvalue weighted by atomic mass is 32.2. The van der Waals surface area contributed by atoms with E-state index in [-0.39, 0.29) is 10.7 Å². The largest absolute Gasteiger partial charge is 0.360 e. The third-order valence-electron chi connectivity index (χ3n) is 3.34. The van der Waals surface area contributed by atoms with Gasteiger partial charge in [0.25, 0.3) is 10.0 Å². The van der Waals surface area contributed by atoms with Crippen LogP contribution in [0.3, 0.4) is 0 Å². The van der Waals surface area contributed by atoms with Gasteiger partial charge in [0, 0.05) is 24.8 Å². The number of benzene rings is 1. The standard InChI is InChI=1S/C16H21N5O5S/c1-11-10-14(19-26-11)20-27(24,25)13-6-4-12(5-7-13)18-16(23)15(22)17-8-9-21(2)3/h4-7,10H,8-9H2,1-3H3,(H,17,22)(H,18,23)(H,19,20). The molecule has 0 aliphatic heterocycles. The van der Waals surface area contributed by atoms with Gasteiger partial charge in [-0.2, -0.15) is 0 Å². The molecule has 0 saturated heterocycles. The van der Waals surface area contributed by atoms with Crippen LogP contribution in [0.1, 0.15) is 5.76 Å². The second kappa shape index (κ2) is 8.64. The molecule has 1 aromatic carbocycles. The van der Waals surface area contributed by atoms with Gasteiger partial charge in [-0.05, 0) is 45.3 Å². The van der Waals surface area contributed by atoms with Gasteiger partial charge in [0.05, 0.1) is 4.90 Å². The summed E-state index contributed by atoms with van der Waals surface area (Å²) in [5.41, 5.74) is 0.291. The Morgan fingerprint density at radius 1 is 1.15 bits per heavy atom. The van der Waals surface area contributed by atoms with Crippen molar-refractivity contribution in [3.8, 4) is 0 Å². The Hall–Kier alpha value is -2.92. The minimum absolute atomic E-state index is 0.0309. The molecule has 0 aliphatic carbocycles. The van der Waals surface area contributed by atoms with E-state index in [4.69, 9.17) is 4.52 Å². The second-order valence-corrected chi connectivity index (χ2v) is 7.65.